The van der Waals surface area contributed by atoms with Crippen LogP contribution in [0.2, 0.25) is 0 Å². The number of thioether (sulfide) groups is 1. The zero-order valence-corrected chi connectivity index (χ0v) is 24.8. The van der Waals surface area contributed by atoms with Crippen LogP contribution in [0, 0.1) is 22.7 Å². The van der Waals surface area contributed by atoms with E-state index in [0.717, 1.165) is 71.4 Å². The van der Waals surface area contributed by atoms with Crippen molar-refractivity contribution in [2.75, 3.05) is 18.2 Å². The van der Waals surface area contributed by atoms with Gasteiger partial charge in [-0.15, -0.1) is 0 Å². The molecule has 2 fully saturated rings. The number of anilines is 1. The number of benzene rings is 2. The lowest BCUT2D eigenvalue weighted by molar-refractivity contribution is -0.137. The van der Waals surface area contributed by atoms with Crippen LogP contribution in [0.4, 0.5) is 10.5 Å². The van der Waals surface area contributed by atoms with Crippen LogP contribution in [0.15, 0.2) is 41.5 Å². The SMILES string of the molecule is CC1SC(=O)N(C(=O)C2CC3CCC2(C)C3(C)C)N=C1c1ccc2c(c1)CCCN2C(=O)c1ccc2c(c1)OCO2. The van der Waals surface area contributed by atoms with Gasteiger partial charge in [-0.05, 0) is 97.2 Å². The first kappa shape index (κ1) is 26.6. The lowest BCUT2D eigenvalue weighted by Gasteiger charge is -2.39. The summed E-state index contributed by atoms with van der Waals surface area (Å²) in [5.74, 6) is 1.29. The molecule has 7 rings (SSSR count). The average Bonchev–Trinajstić information content (AvgIpc) is 3.58. The number of imide groups is 1. The van der Waals surface area contributed by atoms with Crippen molar-refractivity contribution in [1.29, 1.82) is 0 Å². The smallest absolute Gasteiger partial charge is 0.309 e. The van der Waals surface area contributed by atoms with Crippen LogP contribution in [0.5, 0.6) is 11.5 Å². The second kappa shape index (κ2) is 9.34. The first-order valence-electron chi connectivity index (χ1n) is 14.6. The zero-order valence-electron chi connectivity index (χ0n) is 23.9. The summed E-state index contributed by atoms with van der Waals surface area (Å²) in [4.78, 5) is 42.3. The van der Waals surface area contributed by atoms with Crippen molar-refractivity contribution in [3.63, 3.8) is 0 Å². The van der Waals surface area contributed by atoms with Gasteiger partial charge in [-0.25, -0.2) is 0 Å². The second-order valence-corrected chi connectivity index (χ2v) is 14.1. The van der Waals surface area contributed by atoms with Crippen LogP contribution in [0.1, 0.15) is 74.9 Å². The Morgan fingerprint density at radius 3 is 2.63 bits per heavy atom. The molecule has 2 bridgehead atoms. The summed E-state index contributed by atoms with van der Waals surface area (Å²) >= 11 is 1.16. The maximum absolute atomic E-state index is 13.9. The summed E-state index contributed by atoms with van der Waals surface area (Å²) in [6.45, 7) is 9.51. The molecule has 9 heteroatoms. The first-order valence-corrected chi connectivity index (χ1v) is 15.4. The highest BCUT2D eigenvalue weighted by Crippen LogP contribution is 2.68. The number of ether oxygens (including phenoxy) is 2. The Kier molecular flexibility index (Phi) is 6.05. The van der Waals surface area contributed by atoms with Gasteiger partial charge in [-0.3, -0.25) is 14.4 Å². The molecule has 2 aliphatic carbocycles. The maximum atomic E-state index is 13.9. The lowest BCUT2D eigenvalue weighted by atomic mass is 9.66. The summed E-state index contributed by atoms with van der Waals surface area (Å²) < 4.78 is 10.9. The number of amides is 3. The summed E-state index contributed by atoms with van der Waals surface area (Å²) in [6, 6.07) is 11.3. The molecule has 3 amide bonds. The highest BCUT2D eigenvalue weighted by Gasteiger charge is 2.64. The number of rotatable bonds is 3. The predicted molar refractivity (Wildman–Crippen MR) is 158 cm³/mol. The average molecular weight is 574 g/mol. The highest BCUT2D eigenvalue weighted by atomic mass is 32.2. The van der Waals surface area contributed by atoms with Crippen molar-refractivity contribution in [3.05, 3.63) is 53.1 Å². The van der Waals surface area contributed by atoms with Gasteiger partial charge >= 0.3 is 5.24 Å². The van der Waals surface area contributed by atoms with Gasteiger partial charge in [0.2, 0.25) is 6.79 Å². The molecule has 0 radical (unpaired) electrons. The van der Waals surface area contributed by atoms with Gasteiger partial charge in [0.25, 0.3) is 11.8 Å². The highest BCUT2D eigenvalue weighted by molar-refractivity contribution is 8.14. The molecular formula is C32H35N3O5S. The Balaban J connectivity index is 1.17. The molecule has 8 nitrogen and oxygen atoms in total. The maximum Gasteiger partial charge on any atom is 0.309 e. The van der Waals surface area contributed by atoms with E-state index in [2.05, 4.69) is 26.8 Å². The van der Waals surface area contributed by atoms with Gasteiger partial charge in [0, 0.05) is 23.7 Å². The minimum absolute atomic E-state index is 0.0710. The van der Waals surface area contributed by atoms with E-state index in [1.165, 1.54) is 0 Å². The van der Waals surface area contributed by atoms with E-state index in [9.17, 15) is 14.4 Å². The largest absolute Gasteiger partial charge is 0.454 e. The molecule has 0 N–H and O–H groups in total. The Morgan fingerprint density at radius 2 is 1.88 bits per heavy atom. The Morgan fingerprint density at radius 1 is 1.07 bits per heavy atom. The van der Waals surface area contributed by atoms with E-state index in [0.29, 0.717) is 29.5 Å². The number of carbonyl (C=O) groups is 3. The molecule has 0 spiro atoms. The fourth-order valence-electron chi connectivity index (χ4n) is 7.80. The van der Waals surface area contributed by atoms with Crippen LogP contribution in [-0.2, 0) is 11.2 Å². The number of aryl methyl sites for hydroxylation is 1. The fraction of sp³-hybridized carbons (Fsp3) is 0.500. The third-order valence-corrected chi connectivity index (χ3v) is 11.7. The molecule has 3 heterocycles. The third-order valence-electron chi connectivity index (χ3n) is 10.7. The Bertz CT molecular complexity index is 1520. The standard InChI is InChI=1S/C32H35N3O5S/c1-18-27(33-35(30(38)41-18)29(37)23-16-22-11-12-32(23,4)31(22,2)3)20-7-9-24-19(14-20)6-5-13-34(24)28(36)21-8-10-25-26(15-21)40-17-39-25/h7-10,14-15,18,22-23H,5-6,11-13,16-17H2,1-4H3. The van der Waals surface area contributed by atoms with Crippen molar-refractivity contribution < 1.29 is 23.9 Å². The lowest BCUT2D eigenvalue weighted by Crippen LogP contribution is -2.46. The van der Waals surface area contributed by atoms with E-state index in [4.69, 9.17) is 14.6 Å². The van der Waals surface area contributed by atoms with Gasteiger partial charge < -0.3 is 14.4 Å². The minimum atomic E-state index is -0.297. The van der Waals surface area contributed by atoms with Crippen molar-refractivity contribution >= 4 is 40.2 Å². The van der Waals surface area contributed by atoms with Crippen LogP contribution >= 0.6 is 11.8 Å². The molecule has 41 heavy (non-hydrogen) atoms. The van der Waals surface area contributed by atoms with Crippen molar-refractivity contribution in [2.45, 2.75) is 65.0 Å². The van der Waals surface area contributed by atoms with Gasteiger partial charge in [0.1, 0.15) is 0 Å². The molecule has 4 unspecified atom stereocenters. The monoisotopic (exact) mass is 573 g/mol. The van der Waals surface area contributed by atoms with Gasteiger partial charge in [0.05, 0.1) is 11.0 Å². The minimum Gasteiger partial charge on any atom is -0.454 e. The zero-order chi connectivity index (χ0) is 28.7. The number of fused-ring (bicyclic) bond motifs is 4. The Hall–Kier alpha value is -3.33. The van der Waals surface area contributed by atoms with E-state index in [1.807, 2.05) is 24.0 Å². The van der Waals surface area contributed by atoms with Crippen LogP contribution in [0.25, 0.3) is 0 Å². The number of nitrogens with zero attached hydrogens (tertiary/aromatic N) is 3. The number of hydrazone groups is 1. The molecule has 4 atom stereocenters. The number of hydrogen-bond acceptors (Lipinski definition) is 7. The summed E-state index contributed by atoms with van der Waals surface area (Å²) in [5.41, 5.74) is 4.03. The Labute approximate surface area is 244 Å². The molecule has 3 aliphatic heterocycles. The van der Waals surface area contributed by atoms with E-state index in [1.54, 1.807) is 18.2 Å². The second-order valence-electron chi connectivity index (χ2n) is 12.8. The molecule has 0 saturated heterocycles. The summed E-state index contributed by atoms with van der Waals surface area (Å²) in [6.07, 6.45) is 4.65. The topological polar surface area (TPSA) is 88.5 Å². The molecule has 0 aromatic heterocycles. The summed E-state index contributed by atoms with van der Waals surface area (Å²) in [7, 11) is 0. The molecule has 2 saturated carbocycles. The predicted octanol–water partition coefficient (Wildman–Crippen LogP) is 6.26. The molecule has 214 valence electrons. The number of hydrogen-bond donors (Lipinski definition) is 0. The van der Waals surface area contributed by atoms with Gasteiger partial charge in [0.15, 0.2) is 11.5 Å². The van der Waals surface area contributed by atoms with E-state index >= 15 is 0 Å². The van der Waals surface area contributed by atoms with Gasteiger partial charge in [-0.1, -0.05) is 38.6 Å². The molecule has 5 aliphatic rings. The molecule has 2 aromatic carbocycles. The first-order chi connectivity index (χ1) is 19.6. The summed E-state index contributed by atoms with van der Waals surface area (Å²) in [5, 5.41) is 5.40. The molecule has 2 aromatic rings. The van der Waals surface area contributed by atoms with Crippen LogP contribution in [0.3, 0.4) is 0 Å². The number of carbonyl (C=O) groups excluding carboxylic acids is 3. The van der Waals surface area contributed by atoms with Crippen LogP contribution < -0.4 is 14.4 Å². The van der Waals surface area contributed by atoms with Crippen LogP contribution in [-0.4, -0.2) is 46.4 Å². The normalized spacial score (nSPS) is 29.4. The molecular weight excluding hydrogens is 538 g/mol. The van der Waals surface area contributed by atoms with Crippen molar-refractivity contribution in [2.24, 2.45) is 27.8 Å². The quantitative estimate of drug-likeness (QED) is 0.431. The van der Waals surface area contributed by atoms with E-state index in [-0.39, 0.29) is 45.8 Å². The van der Waals surface area contributed by atoms with E-state index < -0.39 is 0 Å². The third kappa shape index (κ3) is 3.95. The fourth-order valence-corrected chi connectivity index (χ4v) is 8.62. The van der Waals surface area contributed by atoms with Gasteiger partial charge in [-0.2, -0.15) is 10.1 Å². The van der Waals surface area contributed by atoms with Crippen molar-refractivity contribution in [3.8, 4) is 11.5 Å². The van der Waals surface area contributed by atoms with Crippen molar-refractivity contribution in [1.82, 2.24) is 5.01 Å².